The van der Waals surface area contributed by atoms with Crippen LogP contribution in [0, 0.1) is 5.82 Å². The average Bonchev–Trinajstić information content (AvgIpc) is 2.45. The molecule has 19 heavy (non-hydrogen) atoms. The van der Waals surface area contributed by atoms with Crippen LogP contribution in [0.15, 0.2) is 24.3 Å². The van der Waals surface area contributed by atoms with E-state index < -0.39 is 0 Å². The number of ether oxygens (including phenoxy) is 1. The van der Waals surface area contributed by atoms with Gasteiger partial charge in [0.25, 0.3) is 0 Å². The number of hydrogen-bond donors (Lipinski definition) is 1. The Kier molecular flexibility index (Phi) is 5.61. The summed E-state index contributed by atoms with van der Waals surface area (Å²) in [6.45, 7) is 6.53. The Hall–Kier alpha value is -1.13. The van der Waals surface area contributed by atoms with E-state index in [0.717, 1.165) is 51.4 Å². The summed E-state index contributed by atoms with van der Waals surface area (Å²) in [5.41, 5.74) is 0.955. The second-order valence-electron chi connectivity index (χ2n) is 4.90. The third-order valence-electron chi connectivity index (χ3n) is 3.59. The van der Waals surface area contributed by atoms with Crippen LogP contribution in [0.1, 0.15) is 19.8 Å². The third kappa shape index (κ3) is 4.48. The maximum absolute atomic E-state index is 13.2. The van der Waals surface area contributed by atoms with Crippen molar-refractivity contribution in [2.24, 2.45) is 0 Å². The van der Waals surface area contributed by atoms with Gasteiger partial charge in [-0.2, -0.15) is 0 Å². The van der Waals surface area contributed by atoms with E-state index in [0.29, 0.717) is 6.04 Å². The first kappa shape index (κ1) is 14.3. The molecule has 0 bridgehead atoms. The molecule has 1 aliphatic heterocycles. The van der Waals surface area contributed by atoms with E-state index in [1.165, 1.54) is 6.07 Å². The molecule has 1 saturated heterocycles. The fourth-order valence-electron chi connectivity index (χ4n) is 2.45. The van der Waals surface area contributed by atoms with Crippen molar-refractivity contribution in [1.29, 1.82) is 0 Å². The molecular formula is C15H23FN2O. The van der Waals surface area contributed by atoms with Crippen molar-refractivity contribution in [2.75, 3.05) is 37.7 Å². The number of rotatable bonds is 6. The zero-order valence-corrected chi connectivity index (χ0v) is 11.6. The highest BCUT2D eigenvalue weighted by molar-refractivity contribution is 5.46. The van der Waals surface area contributed by atoms with Gasteiger partial charge < -0.3 is 15.0 Å². The van der Waals surface area contributed by atoms with E-state index in [1.807, 2.05) is 6.07 Å². The fraction of sp³-hybridized carbons (Fsp3) is 0.600. The molecule has 0 aliphatic carbocycles. The molecule has 0 unspecified atom stereocenters. The Balaban J connectivity index is 1.79. The highest BCUT2D eigenvalue weighted by Crippen LogP contribution is 2.14. The molecule has 1 fully saturated rings. The fourth-order valence-corrected chi connectivity index (χ4v) is 2.45. The molecule has 1 aromatic carbocycles. The summed E-state index contributed by atoms with van der Waals surface area (Å²) in [7, 11) is 0. The van der Waals surface area contributed by atoms with Gasteiger partial charge in [-0.1, -0.05) is 6.07 Å². The molecule has 0 aromatic heterocycles. The van der Waals surface area contributed by atoms with Crippen molar-refractivity contribution in [3.8, 4) is 0 Å². The highest BCUT2D eigenvalue weighted by atomic mass is 19.1. The van der Waals surface area contributed by atoms with E-state index >= 15 is 0 Å². The van der Waals surface area contributed by atoms with Crippen LogP contribution >= 0.6 is 0 Å². The van der Waals surface area contributed by atoms with E-state index in [4.69, 9.17) is 4.74 Å². The Bertz CT molecular complexity index is 380. The van der Waals surface area contributed by atoms with Gasteiger partial charge in [0.05, 0.1) is 0 Å². The first-order valence-electron chi connectivity index (χ1n) is 7.11. The topological polar surface area (TPSA) is 24.5 Å². The predicted molar refractivity (Wildman–Crippen MR) is 76.1 cm³/mol. The molecule has 1 heterocycles. The Morgan fingerprint density at radius 2 is 2.16 bits per heavy atom. The van der Waals surface area contributed by atoms with Gasteiger partial charge >= 0.3 is 0 Å². The van der Waals surface area contributed by atoms with Gasteiger partial charge in [0.15, 0.2) is 0 Å². The lowest BCUT2D eigenvalue weighted by atomic mass is 10.1. The molecule has 4 heteroatoms. The van der Waals surface area contributed by atoms with Crippen LogP contribution in [-0.4, -0.2) is 38.9 Å². The number of hydrogen-bond acceptors (Lipinski definition) is 3. The molecule has 0 amide bonds. The van der Waals surface area contributed by atoms with Gasteiger partial charge in [0, 0.05) is 44.6 Å². The van der Waals surface area contributed by atoms with Crippen molar-refractivity contribution in [1.82, 2.24) is 5.32 Å². The summed E-state index contributed by atoms with van der Waals surface area (Å²) in [4.78, 5) is 2.19. The molecule has 0 atom stereocenters. The van der Waals surface area contributed by atoms with Crippen LogP contribution in [0.2, 0.25) is 0 Å². The smallest absolute Gasteiger partial charge is 0.125 e. The molecule has 3 nitrogen and oxygen atoms in total. The molecule has 2 rings (SSSR count). The van der Waals surface area contributed by atoms with Crippen LogP contribution in [0.5, 0.6) is 0 Å². The summed E-state index contributed by atoms with van der Waals surface area (Å²) in [5.74, 6) is -0.173. The summed E-state index contributed by atoms with van der Waals surface area (Å²) in [6.07, 6.45) is 2.18. The van der Waals surface area contributed by atoms with Crippen molar-refractivity contribution in [3.05, 3.63) is 30.1 Å². The molecule has 0 saturated carbocycles. The molecule has 0 spiro atoms. The van der Waals surface area contributed by atoms with Gasteiger partial charge in [-0.25, -0.2) is 4.39 Å². The summed E-state index contributed by atoms with van der Waals surface area (Å²) >= 11 is 0. The largest absolute Gasteiger partial charge is 0.381 e. The standard InChI is InChI=1S/C15H23FN2O/c1-2-18(15-5-3-4-13(16)12-15)9-8-17-14-6-10-19-11-7-14/h3-5,12,14,17H,2,6-11H2,1H3. The van der Waals surface area contributed by atoms with Crippen LogP contribution in [-0.2, 0) is 4.74 Å². The Morgan fingerprint density at radius 1 is 1.37 bits per heavy atom. The van der Waals surface area contributed by atoms with Crippen molar-refractivity contribution in [2.45, 2.75) is 25.8 Å². The number of nitrogens with zero attached hydrogens (tertiary/aromatic N) is 1. The van der Waals surface area contributed by atoms with E-state index in [1.54, 1.807) is 12.1 Å². The minimum atomic E-state index is -0.173. The lowest BCUT2D eigenvalue weighted by Crippen LogP contribution is -2.40. The normalized spacial score (nSPS) is 16.5. The summed E-state index contributed by atoms with van der Waals surface area (Å²) in [5, 5.41) is 3.56. The van der Waals surface area contributed by atoms with Crippen LogP contribution in [0.4, 0.5) is 10.1 Å². The minimum Gasteiger partial charge on any atom is -0.381 e. The zero-order valence-electron chi connectivity index (χ0n) is 11.6. The third-order valence-corrected chi connectivity index (χ3v) is 3.59. The maximum Gasteiger partial charge on any atom is 0.125 e. The van der Waals surface area contributed by atoms with Gasteiger partial charge in [-0.3, -0.25) is 0 Å². The molecule has 1 aliphatic rings. The number of nitrogens with one attached hydrogen (secondary N) is 1. The number of halogens is 1. The quantitative estimate of drug-likeness (QED) is 0.856. The number of anilines is 1. The lowest BCUT2D eigenvalue weighted by Gasteiger charge is -2.27. The predicted octanol–water partition coefficient (Wildman–Crippen LogP) is 2.42. The second kappa shape index (κ2) is 7.46. The SMILES string of the molecule is CCN(CCNC1CCOCC1)c1cccc(F)c1. The number of likely N-dealkylation sites (N-methyl/N-ethyl adjacent to an activating group) is 1. The molecule has 0 radical (unpaired) electrons. The monoisotopic (exact) mass is 266 g/mol. The van der Waals surface area contributed by atoms with Crippen LogP contribution in [0.3, 0.4) is 0 Å². The first-order chi connectivity index (χ1) is 9.29. The first-order valence-corrected chi connectivity index (χ1v) is 7.11. The van der Waals surface area contributed by atoms with Gasteiger partial charge in [0.1, 0.15) is 5.82 Å². The van der Waals surface area contributed by atoms with Gasteiger partial charge in [0.2, 0.25) is 0 Å². The van der Waals surface area contributed by atoms with E-state index in [9.17, 15) is 4.39 Å². The average molecular weight is 266 g/mol. The van der Waals surface area contributed by atoms with Crippen molar-refractivity contribution in [3.63, 3.8) is 0 Å². The molecular weight excluding hydrogens is 243 g/mol. The molecule has 1 aromatic rings. The Morgan fingerprint density at radius 3 is 2.84 bits per heavy atom. The van der Waals surface area contributed by atoms with E-state index in [-0.39, 0.29) is 5.82 Å². The zero-order chi connectivity index (χ0) is 13.5. The highest BCUT2D eigenvalue weighted by Gasteiger charge is 2.13. The van der Waals surface area contributed by atoms with Gasteiger partial charge in [-0.15, -0.1) is 0 Å². The molecule has 106 valence electrons. The Labute approximate surface area is 114 Å². The van der Waals surface area contributed by atoms with Gasteiger partial charge in [-0.05, 0) is 38.0 Å². The minimum absolute atomic E-state index is 0.173. The van der Waals surface area contributed by atoms with Crippen molar-refractivity contribution >= 4 is 5.69 Å². The van der Waals surface area contributed by atoms with Crippen LogP contribution in [0.25, 0.3) is 0 Å². The van der Waals surface area contributed by atoms with Crippen LogP contribution < -0.4 is 10.2 Å². The van der Waals surface area contributed by atoms with Crippen molar-refractivity contribution < 1.29 is 9.13 Å². The summed E-state index contributed by atoms with van der Waals surface area (Å²) < 4.78 is 18.6. The second-order valence-corrected chi connectivity index (χ2v) is 4.90. The lowest BCUT2D eigenvalue weighted by molar-refractivity contribution is 0.0783. The number of benzene rings is 1. The maximum atomic E-state index is 13.2. The molecule has 1 N–H and O–H groups in total. The van der Waals surface area contributed by atoms with E-state index in [2.05, 4.69) is 17.1 Å². The summed E-state index contributed by atoms with van der Waals surface area (Å²) in [6, 6.07) is 7.37.